The zero-order valence-corrected chi connectivity index (χ0v) is 12.0. The quantitative estimate of drug-likeness (QED) is 0.828. The molecule has 1 fully saturated rings. The first kappa shape index (κ1) is 12.2. The zero-order valence-electron chi connectivity index (χ0n) is 12.0. The predicted octanol–water partition coefficient (Wildman–Crippen LogP) is 2.64. The summed E-state index contributed by atoms with van der Waals surface area (Å²) in [6, 6.07) is 6.59. The Kier molecular flexibility index (Phi) is 2.62. The van der Waals surface area contributed by atoms with Crippen LogP contribution in [0.15, 0.2) is 24.4 Å². The Balaban J connectivity index is 1.86. The minimum absolute atomic E-state index is 0.456. The van der Waals surface area contributed by atoms with Gasteiger partial charge in [0.05, 0.1) is 6.20 Å². The van der Waals surface area contributed by atoms with Crippen molar-refractivity contribution in [3.63, 3.8) is 0 Å². The van der Waals surface area contributed by atoms with E-state index in [9.17, 15) is 0 Å². The molecule has 4 nitrogen and oxygen atoms in total. The second-order valence-corrected chi connectivity index (χ2v) is 6.30. The molecule has 1 aliphatic rings. The van der Waals surface area contributed by atoms with Gasteiger partial charge in [0.15, 0.2) is 0 Å². The Bertz CT molecular complexity index is 604. The summed E-state index contributed by atoms with van der Waals surface area (Å²) in [5.74, 6) is 0. The summed E-state index contributed by atoms with van der Waals surface area (Å²) in [7, 11) is 1.89. The number of aromatic nitrogens is 3. The molecule has 1 aliphatic heterocycles. The van der Waals surface area contributed by atoms with Gasteiger partial charge in [0.25, 0.3) is 0 Å². The standard InChI is InChI=1S/C15H20N4/c1-11-7-12(19-9-15(2,3)10-19)5-6-13(11)14-8-18(4)17-16-14/h5-8H,9-10H2,1-4H3. The molecule has 0 atom stereocenters. The summed E-state index contributed by atoms with van der Waals surface area (Å²) in [6.07, 6.45) is 1.95. The molecule has 1 aromatic carbocycles. The third-order valence-corrected chi connectivity index (χ3v) is 3.69. The van der Waals surface area contributed by atoms with Crippen LogP contribution in [0, 0.1) is 12.3 Å². The van der Waals surface area contributed by atoms with Gasteiger partial charge in [-0.2, -0.15) is 0 Å². The molecule has 0 bridgehead atoms. The molecule has 3 rings (SSSR count). The third-order valence-electron chi connectivity index (χ3n) is 3.69. The molecule has 2 aromatic rings. The molecule has 0 amide bonds. The summed E-state index contributed by atoms with van der Waals surface area (Å²) in [5.41, 5.74) is 5.12. The van der Waals surface area contributed by atoms with E-state index in [0.29, 0.717) is 5.41 Å². The van der Waals surface area contributed by atoms with Crippen molar-refractivity contribution in [2.45, 2.75) is 20.8 Å². The summed E-state index contributed by atoms with van der Waals surface area (Å²) >= 11 is 0. The van der Waals surface area contributed by atoms with Crippen molar-refractivity contribution < 1.29 is 0 Å². The SMILES string of the molecule is Cc1cc(N2CC(C)(C)C2)ccc1-c1cn(C)nn1. The number of hydrogen-bond acceptors (Lipinski definition) is 3. The van der Waals surface area contributed by atoms with Crippen LogP contribution in [0.4, 0.5) is 5.69 Å². The molecule has 0 aliphatic carbocycles. The fourth-order valence-corrected chi connectivity index (χ4v) is 2.77. The maximum atomic E-state index is 4.18. The Morgan fingerprint density at radius 3 is 2.47 bits per heavy atom. The molecular formula is C15H20N4. The maximum Gasteiger partial charge on any atom is 0.113 e. The van der Waals surface area contributed by atoms with Crippen LogP contribution >= 0.6 is 0 Å². The normalized spacial score (nSPS) is 17.4. The van der Waals surface area contributed by atoms with Gasteiger partial charge < -0.3 is 4.90 Å². The number of aryl methyl sites for hydroxylation is 2. The number of benzene rings is 1. The van der Waals surface area contributed by atoms with E-state index >= 15 is 0 Å². The molecule has 0 unspecified atom stereocenters. The topological polar surface area (TPSA) is 34.0 Å². The molecule has 0 N–H and O–H groups in total. The minimum Gasteiger partial charge on any atom is -0.370 e. The highest BCUT2D eigenvalue weighted by Crippen LogP contribution is 2.35. The molecule has 0 spiro atoms. The van der Waals surface area contributed by atoms with Gasteiger partial charge in [-0.25, -0.2) is 0 Å². The van der Waals surface area contributed by atoms with Crippen molar-refractivity contribution in [3.8, 4) is 11.3 Å². The van der Waals surface area contributed by atoms with Crippen LogP contribution in [0.2, 0.25) is 0 Å². The van der Waals surface area contributed by atoms with Crippen LogP contribution in [0.3, 0.4) is 0 Å². The smallest absolute Gasteiger partial charge is 0.113 e. The summed E-state index contributed by atoms with van der Waals surface area (Å²) in [5, 5.41) is 8.17. The van der Waals surface area contributed by atoms with Gasteiger partial charge in [-0.15, -0.1) is 5.10 Å². The Morgan fingerprint density at radius 2 is 1.95 bits per heavy atom. The highest BCUT2D eigenvalue weighted by atomic mass is 15.4. The Morgan fingerprint density at radius 1 is 1.21 bits per heavy atom. The van der Waals surface area contributed by atoms with Crippen molar-refractivity contribution in [2.75, 3.05) is 18.0 Å². The van der Waals surface area contributed by atoms with Crippen LogP contribution in [-0.2, 0) is 7.05 Å². The van der Waals surface area contributed by atoms with Crippen LogP contribution in [0.5, 0.6) is 0 Å². The first-order valence-electron chi connectivity index (χ1n) is 6.67. The maximum absolute atomic E-state index is 4.18. The number of hydrogen-bond donors (Lipinski definition) is 0. The Hall–Kier alpha value is -1.84. The zero-order chi connectivity index (χ0) is 13.6. The van der Waals surface area contributed by atoms with Gasteiger partial charge in [-0.1, -0.05) is 25.1 Å². The van der Waals surface area contributed by atoms with E-state index in [2.05, 4.69) is 54.2 Å². The van der Waals surface area contributed by atoms with Gasteiger partial charge in [-0.05, 0) is 30.0 Å². The second kappa shape index (κ2) is 4.08. The molecule has 0 saturated carbocycles. The van der Waals surface area contributed by atoms with E-state index in [1.807, 2.05) is 13.2 Å². The van der Waals surface area contributed by atoms with Gasteiger partial charge in [0, 0.05) is 31.4 Å². The predicted molar refractivity (Wildman–Crippen MR) is 77.2 cm³/mol. The lowest BCUT2D eigenvalue weighted by atomic mass is 9.84. The number of rotatable bonds is 2. The van der Waals surface area contributed by atoms with Crippen LogP contribution in [0.25, 0.3) is 11.3 Å². The van der Waals surface area contributed by atoms with Crippen molar-refractivity contribution in [1.82, 2.24) is 15.0 Å². The number of nitrogens with zero attached hydrogens (tertiary/aromatic N) is 4. The third kappa shape index (κ3) is 2.23. The lowest BCUT2D eigenvalue weighted by Crippen LogP contribution is -2.53. The van der Waals surface area contributed by atoms with Gasteiger partial charge in [0.1, 0.15) is 5.69 Å². The summed E-state index contributed by atoms with van der Waals surface area (Å²) in [4.78, 5) is 2.42. The Labute approximate surface area is 114 Å². The lowest BCUT2D eigenvalue weighted by molar-refractivity contribution is 0.276. The highest BCUT2D eigenvalue weighted by Gasteiger charge is 2.34. The van der Waals surface area contributed by atoms with E-state index in [1.54, 1.807) is 4.68 Å². The van der Waals surface area contributed by atoms with E-state index in [-0.39, 0.29) is 0 Å². The minimum atomic E-state index is 0.456. The van der Waals surface area contributed by atoms with E-state index in [1.165, 1.54) is 11.3 Å². The first-order valence-corrected chi connectivity index (χ1v) is 6.67. The summed E-state index contributed by atoms with van der Waals surface area (Å²) < 4.78 is 1.74. The largest absolute Gasteiger partial charge is 0.370 e. The molecule has 100 valence electrons. The van der Waals surface area contributed by atoms with Crippen LogP contribution in [0.1, 0.15) is 19.4 Å². The molecule has 2 heterocycles. The van der Waals surface area contributed by atoms with Crippen molar-refractivity contribution >= 4 is 5.69 Å². The molecule has 4 heteroatoms. The number of anilines is 1. The summed E-state index contributed by atoms with van der Waals surface area (Å²) in [6.45, 7) is 9.03. The van der Waals surface area contributed by atoms with Crippen molar-refractivity contribution in [3.05, 3.63) is 30.0 Å². The van der Waals surface area contributed by atoms with Gasteiger partial charge >= 0.3 is 0 Å². The van der Waals surface area contributed by atoms with Gasteiger partial charge in [-0.3, -0.25) is 4.68 Å². The first-order chi connectivity index (χ1) is 8.94. The van der Waals surface area contributed by atoms with Crippen LogP contribution < -0.4 is 4.90 Å². The van der Waals surface area contributed by atoms with Crippen molar-refractivity contribution in [1.29, 1.82) is 0 Å². The molecule has 1 aromatic heterocycles. The lowest BCUT2D eigenvalue weighted by Gasteiger charge is -2.47. The fraction of sp³-hybridized carbons (Fsp3) is 0.467. The van der Waals surface area contributed by atoms with Gasteiger partial charge in [0.2, 0.25) is 0 Å². The van der Waals surface area contributed by atoms with Crippen molar-refractivity contribution in [2.24, 2.45) is 12.5 Å². The molecule has 0 radical (unpaired) electrons. The average molecular weight is 256 g/mol. The molecular weight excluding hydrogens is 236 g/mol. The van der Waals surface area contributed by atoms with E-state index < -0.39 is 0 Å². The molecule has 1 saturated heterocycles. The monoisotopic (exact) mass is 256 g/mol. The van der Waals surface area contributed by atoms with Crippen LogP contribution in [-0.4, -0.2) is 28.1 Å². The molecule has 19 heavy (non-hydrogen) atoms. The highest BCUT2D eigenvalue weighted by molar-refractivity contribution is 5.67. The average Bonchev–Trinajstić information content (AvgIpc) is 2.72. The fourth-order valence-electron chi connectivity index (χ4n) is 2.77. The van der Waals surface area contributed by atoms with E-state index in [4.69, 9.17) is 0 Å². The second-order valence-electron chi connectivity index (χ2n) is 6.30. The van der Waals surface area contributed by atoms with E-state index in [0.717, 1.165) is 24.3 Å².